The van der Waals surface area contributed by atoms with Crippen molar-refractivity contribution in [2.75, 3.05) is 24.4 Å². The number of thiazole rings is 1. The number of thioether (sulfide) groups is 1. The van der Waals surface area contributed by atoms with Gasteiger partial charge in [-0.3, -0.25) is 23.7 Å². The van der Waals surface area contributed by atoms with E-state index in [1.165, 1.54) is 35.4 Å². The second kappa shape index (κ2) is 11.1. The Bertz CT molecular complexity index is 1750. The van der Waals surface area contributed by atoms with E-state index >= 15 is 0 Å². The zero-order valence-corrected chi connectivity index (χ0v) is 24.7. The summed E-state index contributed by atoms with van der Waals surface area (Å²) >= 11 is 2.17. The summed E-state index contributed by atoms with van der Waals surface area (Å²) in [6.45, 7) is 1.71. The van der Waals surface area contributed by atoms with Crippen LogP contribution < -0.4 is 24.6 Å². The largest absolute Gasteiger partial charge is 0.493 e. The van der Waals surface area contributed by atoms with E-state index in [4.69, 9.17) is 9.47 Å². The molecule has 4 aromatic rings. The summed E-state index contributed by atoms with van der Waals surface area (Å²) in [5.41, 5.74) is 2.83. The zero-order chi connectivity index (χ0) is 29.5. The average Bonchev–Trinajstić information content (AvgIpc) is 3.44. The van der Waals surface area contributed by atoms with Gasteiger partial charge in [-0.05, 0) is 48.9 Å². The maximum Gasteiger partial charge on any atom is 0.308 e. The molecule has 1 fully saturated rings. The smallest absolute Gasteiger partial charge is 0.308 e. The van der Waals surface area contributed by atoms with Crippen LogP contribution in [-0.4, -0.2) is 41.8 Å². The second-order valence-corrected chi connectivity index (χ2v) is 12.2. The molecule has 6 rings (SSSR count). The zero-order valence-electron chi connectivity index (χ0n) is 23.0. The lowest BCUT2D eigenvalue weighted by Crippen LogP contribution is -2.33. The number of aromatic nitrogens is 1. The predicted octanol–water partition coefficient (Wildman–Crippen LogP) is 4.67. The van der Waals surface area contributed by atoms with Crippen LogP contribution in [-0.2, 0) is 20.9 Å². The maximum atomic E-state index is 14.1. The third-order valence-electron chi connectivity index (χ3n) is 7.47. The van der Waals surface area contributed by atoms with Gasteiger partial charge in [0, 0.05) is 16.5 Å². The van der Waals surface area contributed by atoms with E-state index in [0.717, 1.165) is 16.9 Å². The molecular weight excluding hydrogens is 574 g/mol. The number of nitrogens with zero attached hydrogens (tertiary/aromatic N) is 2. The van der Waals surface area contributed by atoms with Gasteiger partial charge >= 0.3 is 4.87 Å². The fourth-order valence-electron chi connectivity index (χ4n) is 5.47. The molecular formula is C31H27N3O6S2. The third-order valence-corrected chi connectivity index (χ3v) is 10.1. The van der Waals surface area contributed by atoms with E-state index in [9.17, 15) is 19.2 Å². The highest BCUT2D eigenvalue weighted by Crippen LogP contribution is 2.54. The lowest BCUT2D eigenvalue weighted by atomic mass is 9.83. The number of hydrogen-bond donors (Lipinski definition) is 1. The van der Waals surface area contributed by atoms with E-state index in [2.05, 4.69) is 5.32 Å². The summed E-state index contributed by atoms with van der Waals surface area (Å²) in [7, 11) is 3.06. The monoisotopic (exact) mass is 601 g/mol. The van der Waals surface area contributed by atoms with Crippen LogP contribution in [0.25, 0.3) is 0 Å². The number of para-hydroxylation sites is 1. The van der Waals surface area contributed by atoms with Crippen LogP contribution in [0.3, 0.4) is 0 Å². The van der Waals surface area contributed by atoms with Crippen molar-refractivity contribution in [2.24, 2.45) is 5.92 Å². The minimum atomic E-state index is -0.790. The maximum absolute atomic E-state index is 14.1. The Balaban J connectivity index is 1.45. The molecule has 11 heteroatoms. The number of imide groups is 1. The molecule has 9 nitrogen and oxygen atoms in total. The van der Waals surface area contributed by atoms with Crippen molar-refractivity contribution in [3.05, 3.63) is 98.5 Å². The van der Waals surface area contributed by atoms with Gasteiger partial charge in [0.25, 0.3) is 0 Å². The first-order chi connectivity index (χ1) is 20.3. The molecule has 0 aliphatic carbocycles. The number of carbonyl (C=O) groups excluding carboxylic acids is 3. The number of hydrogen-bond acceptors (Lipinski definition) is 8. The van der Waals surface area contributed by atoms with Crippen molar-refractivity contribution in [3.8, 4) is 11.5 Å². The third kappa shape index (κ3) is 4.78. The number of rotatable bonds is 7. The highest BCUT2D eigenvalue weighted by atomic mass is 32.2. The van der Waals surface area contributed by atoms with E-state index in [1.54, 1.807) is 48.5 Å². The molecule has 3 atom stereocenters. The number of methoxy groups -OCH3 is 2. The van der Waals surface area contributed by atoms with Crippen molar-refractivity contribution in [3.63, 3.8) is 0 Å². The number of aryl methyl sites for hydroxylation is 1. The average molecular weight is 602 g/mol. The first-order valence-electron chi connectivity index (χ1n) is 13.2. The van der Waals surface area contributed by atoms with Crippen LogP contribution in [0.5, 0.6) is 11.5 Å². The molecule has 0 radical (unpaired) electrons. The van der Waals surface area contributed by atoms with E-state index in [1.807, 2.05) is 31.2 Å². The first-order valence-corrected chi connectivity index (χ1v) is 14.9. The summed E-state index contributed by atoms with van der Waals surface area (Å²) in [6.07, 6.45) is 0. The summed E-state index contributed by atoms with van der Waals surface area (Å²) in [5, 5.41) is 2.54. The van der Waals surface area contributed by atoms with Gasteiger partial charge in [0.2, 0.25) is 17.7 Å². The van der Waals surface area contributed by atoms with E-state index in [0.29, 0.717) is 38.3 Å². The molecule has 3 aromatic carbocycles. The Morgan fingerprint density at radius 2 is 1.62 bits per heavy atom. The number of benzene rings is 3. The van der Waals surface area contributed by atoms with Crippen molar-refractivity contribution in [1.82, 2.24) is 4.57 Å². The number of carbonyl (C=O) groups is 3. The Kier molecular flexibility index (Phi) is 7.38. The van der Waals surface area contributed by atoms with Crippen LogP contribution in [0.15, 0.2) is 82.6 Å². The quantitative estimate of drug-likeness (QED) is 0.307. The lowest BCUT2D eigenvalue weighted by Gasteiger charge is -2.31. The number of anilines is 2. The fraction of sp³-hybridized carbons (Fsp3) is 0.226. The summed E-state index contributed by atoms with van der Waals surface area (Å²) < 4.78 is 12.4. The SMILES string of the molecule is COc1ccc([C@@H]2c3sc(=O)n(CC(=O)Nc4ccccc4)c3S[C@H]3C(=O)N(c4ccc(C)cc4)C(=O)[C@@H]23)cc1OC. The Hall–Kier alpha value is -4.35. The van der Waals surface area contributed by atoms with Crippen molar-refractivity contribution in [2.45, 2.75) is 29.7 Å². The molecule has 214 valence electrons. The van der Waals surface area contributed by atoms with Crippen LogP contribution in [0.2, 0.25) is 0 Å². The van der Waals surface area contributed by atoms with Gasteiger partial charge in [-0.15, -0.1) is 0 Å². The number of fused-ring (bicyclic) bond motifs is 2. The minimum Gasteiger partial charge on any atom is -0.493 e. The van der Waals surface area contributed by atoms with Gasteiger partial charge in [-0.1, -0.05) is 65.1 Å². The molecule has 2 aliphatic heterocycles. The second-order valence-electron chi connectivity index (χ2n) is 10.0. The van der Waals surface area contributed by atoms with Crippen LogP contribution in [0.4, 0.5) is 11.4 Å². The fourth-order valence-corrected chi connectivity index (χ4v) is 8.25. The molecule has 42 heavy (non-hydrogen) atoms. The molecule has 2 aliphatic rings. The number of amides is 3. The molecule has 3 heterocycles. The van der Waals surface area contributed by atoms with Gasteiger partial charge in [0.05, 0.1) is 30.9 Å². The molecule has 0 unspecified atom stereocenters. The molecule has 3 amide bonds. The molecule has 1 saturated heterocycles. The van der Waals surface area contributed by atoms with Crippen molar-refractivity contribution < 1.29 is 23.9 Å². The molecule has 1 aromatic heterocycles. The highest BCUT2D eigenvalue weighted by Gasteiger charge is 2.57. The predicted molar refractivity (Wildman–Crippen MR) is 162 cm³/mol. The normalized spacial score (nSPS) is 19.3. The number of nitrogens with one attached hydrogen (secondary N) is 1. The topological polar surface area (TPSA) is 107 Å². The van der Waals surface area contributed by atoms with E-state index in [-0.39, 0.29) is 29.1 Å². The van der Waals surface area contributed by atoms with Crippen molar-refractivity contribution >= 4 is 52.2 Å². The lowest BCUT2D eigenvalue weighted by molar-refractivity contribution is -0.122. The van der Waals surface area contributed by atoms with Gasteiger partial charge in [0.15, 0.2) is 11.5 Å². The molecule has 0 saturated carbocycles. The van der Waals surface area contributed by atoms with Gasteiger partial charge < -0.3 is 14.8 Å². The van der Waals surface area contributed by atoms with Crippen LogP contribution >= 0.6 is 23.1 Å². The summed E-state index contributed by atoms with van der Waals surface area (Å²) in [5.74, 6) is -1.46. The van der Waals surface area contributed by atoms with Crippen LogP contribution in [0, 0.1) is 12.8 Å². The Morgan fingerprint density at radius 1 is 0.905 bits per heavy atom. The van der Waals surface area contributed by atoms with E-state index < -0.39 is 17.1 Å². The molecule has 0 spiro atoms. The van der Waals surface area contributed by atoms with Gasteiger partial charge in [-0.2, -0.15) is 0 Å². The molecule has 0 bridgehead atoms. The van der Waals surface area contributed by atoms with Crippen LogP contribution in [0.1, 0.15) is 21.9 Å². The molecule has 1 N–H and O–H groups in total. The first kappa shape index (κ1) is 27.8. The highest BCUT2D eigenvalue weighted by molar-refractivity contribution is 8.00. The Labute approximate surface area is 250 Å². The Morgan fingerprint density at radius 3 is 2.31 bits per heavy atom. The number of ether oxygens (including phenoxy) is 2. The van der Waals surface area contributed by atoms with Gasteiger partial charge in [0.1, 0.15) is 11.8 Å². The van der Waals surface area contributed by atoms with Crippen molar-refractivity contribution in [1.29, 1.82) is 0 Å². The standard InChI is InChI=1S/C31H27N3O6S2/c1-17-9-12-20(13-10-17)34-28(36)25-24(18-11-14-21(39-2)22(15-18)40-3)27-30(41-26(25)29(34)37)33(31(38)42-27)16-23(35)32-19-7-5-4-6-8-19/h4-15,24-26H,16H2,1-3H3,(H,32,35)/t24-,25-,26+/m0/s1. The van der Waals surface area contributed by atoms with Gasteiger partial charge in [-0.25, -0.2) is 4.90 Å². The minimum absolute atomic E-state index is 0.230. The summed E-state index contributed by atoms with van der Waals surface area (Å²) in [6, 6.07) is 21.6. The summed E-state index contributed by atoms with van der Waals surface area (Å²) in [4.78, 5) is 55.9.